The van der Waals surface area contributed by atoms with Crippen molar-refractivity contribution >= 4 is 12.2 Å². The van der Waals surface area contributed by atoms with Crippen molar-refractivity contribution in [2.24, 2.45) is 0 Å². The minimum Gasteiger partial charge on any atom is -0.491 e. The highest BCUT2D eigenvalue weighted by Gasteiger charge is 2.50. The van der Waals surface area contributed by atoms with Crippen LogP contribution in [0.3, 0.4) is 0 Å². The molecule has 1 aliphatic rings. The SMILES string of the molecule is CC[N+](C)(C(=O)OCc1ccccc1)C1CC(COc2ccccc2C)N(C(=O)OC(C)(C)C)C1. The molecule has 3 unspecified atom stereocenters. The van der Waals surface area contributed by atoms with Gasteiger partial charge in [-0.05, 0) is 51.8 Å². The lowest BCUT2D eigenvalue weighted by Gasteiger charge is -2.34. The van der Waals surface area contributed by atoms with Crippen LogP contribution >= 0.6 is 0 Å². The lowest BCUT2D eigenvalue weighted by Crippen LogP contribution is -2.57. The molecule has 35 heavy (non-hydrogen) atoms. The van der Waals surface area contributed by atoms with E-state index in [-0.39, 0.29) is 29.3 Å². The van der Waals surface area contributed by atoms with E-state index < -0.39 is 11.7 Å². The molecule has 7 heteroatoms. The quantitative estimate of drug-likeness (QED) is 0.483. The van der Waals surface area contributed by atoms with Crippen LogP contribution in [0.25, 0.3) is 0 Å². The number of quaternary nitrogens is 1. The lowest BCUT2D eigenvalue weighted by atomic mass is 10.1. The van der Waals surface area contributed by atoms with Gasteiger partial charge in [-0.15, -0.1) is 0 Å². The van der Waals surface area contributed by atoms with Crippen LogP contribution in [-0.4, -0.2) is 66.0 Å². The Labute approximate surface area is 209 Å². The van der Waals surface area contributed by atoms with Gasteiger partial charge in [0.15, 0.2) is 0 Å². The predicted molar refractivity (Wildman–Crippen MR) is 135 cm³/mol. The number of amides is 2. The van der Waals surface area contributed by atoms with E-state index in [9.17, 15) is 9.59 Å². The van der Waals surface area contributed by atoms with Crippen LogP contribution < -0.4 is 4.74 Å². The molecule has 0 radical (unpaired) electrons. The molecule has 0 saturated carbocycles. The van der Waals surface area contributed by atoms with E-state index in [1.807, 2.05) is 96.3 Å². The number of hydrogen-bond donors (Lipinski definition) is 0. The number of ether oxygens (including phenoxy) is 3. The van der Waals surface area contributed by atoms with Crippen LogP contribution in [0.4, 0.5) is 9.59 Å². The number of nitrogens with zero attached hydrogens (tertiary/aromatic N) is 2. The van der Waals surface area contributed by atoms with Gasteiger partial charge in [-0.1, -0.05) is 48.5 Å². The molecule has 2 amide bonds. The Morgan fingerprint density at radius 3 is 2.34 bits per heavy atom. The molecule has 1 aliphatic heterocycles. The van der Waals surface area contributed by atoms with Gasteiger partial charge in [0, 0.05) is 6.42 Å². The van der Waals surface area contributed by atoms with Crippen LogP contribution in [0.15, 0.2) is 54.6 Å². The van der Waals surface area contributed by atoms with Gasteiger partial charge in [0.2, 0.25) is 0 Å². The molecule has 7 nitrogen and oxygen atoms in total. The summed E-state index contributed by atoms with van der Waals surface area (Å²) in [6.07, 6.45) is -0.0831. The zero-order valence-electron chi connectivity index (χ0n) is 21.8. The first-order valence-electron chi connectivity index (χ1n) is 12.3. The first-order chi connectivity index (χ1) is 16.5. The van der Waals surface area contributed by atoms with Crippen molar-refractivity contribution in [2.75, 3.05) is 26.7 Å². The largest absolute Gasteiger partial charge is 0.516 e. The summed E-state index contributed by atoms with van der Waals surface area (Å²) in [6, 6.07) is 17.1. The molecule has 1 saturated heterocycles. The Morgan fingerprint density at radius 1 is 1.06 bits per heavy atom. The summed E-state index contributed by atoms with van der Waals surface area (Å²) in [5.41, 5.74) is 1.35. The second-order valence-electron chi connectivity index (χ2n) is 10.4. The van der Waals surface area contributed by atoms with Crippen molar-refractivity contribution < 1.29 is 28.3 Å². The fraction of sp³-hybridized carbons (Fsp3) is 0.500. The number of likely N-dealkylation sites (N-methyl/N-ethyl adjacent to an activating group) is 1. The number of likely N-dealkylation sites (tertiary alicyclic amines) is 1. The van der Waals surface area contributed by atoms with Crippen LogP contribution in [0.5, 0.6) is 5.75 Å². The number of aryl methyl sites for hydroxylation is 1. The molecule has 1 fully saturated rings. The molecule has 0 aliphatic carbocycles. The Balaban J connectivity index is 1.76. The van der Waals surface area contributed by atoms with Crippen molar-refractivity contribution in [1.82, 2.24) is 4.90 Å². The fourth-order valence-electron chi connectivity index (χ4n) is 4.31. The van der Waals surface area contributed by atoms with E-state index in [1.54, 1.807) is 4.90 Å². The topological polar surface area (TPSA) is 65.1 Å². The van der Waals surface area contributed by atoms with Crippen LogP contribution in [-0.2, 0) is 16.1 Å². The van der Waals surface area contributed by atoms with Crippen LogP contribution in [0.1, 0.15) is 45.2 Å². The average molecular weight is 484 g/mol. The summed E-state index contributed by atoms with van der Waals surface area (Å²) in [6.45, 7) is 11.0. The molecule has 0 bridgehead atoms. The third-order valence-electron chi connectivity index (χ3n) is 6.63. The lowest BCUT2D eigenvalue weighted by molar-refractivity contribution is -0.860. The smallest absolute Gasteiger partial charge is 0.491 e. The molecular weight excluding hydrogens is 444 g/mol. The zero-order chi connectivity index (χ0) is 25.6. The van der Waals surface area contributed by atoms with Crippen molar-refractivity contribution in [3.8, 4) is 5.75 Å². The average Bonchev–Trinajstić information content (AvgIpc) is 3.26. The summed E-state index contributed by atoms with van der Waals surface area (Å²) in [5.74, 6) is 0.787. The van der Waals surface area contributed by atoms with Gasteiger partial charge in [-0.3, -0.25) is 4.90 Å². The third-order valence-corrected chi connectivity index (χ3v) is 6.63. The Kier molecular flexibility index (Phi) is 8.43. The molecule has 2 aromatic rings. The maximum Gasteiger partial charge on any atom is 0.516 e. The molecule has 2 aromatic carbocycles. The molecule has 3 rings (SSSR count). The van der Waals surface area contributed by atoms with E-state index in [2.05, 4.69) is 0 Å². The highest BCUT2D eigenvalue weighted by atomic mass is 16.6. The maximum absolute atomic E-state index is 13.3. The van der Waals surface area contributed by atoms with E-state index in [1.165, 1.54) is 0 Å². The number of carbonyl (C=O) groups is 2. The van der Waals surface area contributed by atoms with E-state index in [0.717, 1.165) is 16.9 Å². The molecule has 0 spiro atoms. The summed E-state index contributed by atoms with van der Waals surface area (Å²) < 4.78 is 17.6. The Bertz CT molecular complexity index is 1000. The van der Waals surface area contributed by atoms with E-state index in [0.29, 0.717) is 26.1 Å². The highest BCUT2D eigenvalue weighted by molar-refractivity contribution is 5.69. The molecular formula is C28H39N2O5+. The van der Waals surface area contributed by atoms with E-state index >= 15 is 0 Å². The summed E-state index contributed by atoms with van der Waals surface area (Å²) in [5, 5.41) is 0. The van der Waals surface area contributed by atoms with Crippen molar-refractivity contribution in [3.05, 3.63) is 65.7 Å². The summed E-state index contributed by atoms with van der Waals surface area (Å²) in [4.78, 5) is 28.1. The first-order valence-corrected chi connectivity index (χ1v) is 12.3. The second kappa shape index (κ2) is 11.1. The number of hydrogen-bond acceptors (Lipinski definition) is 5. The van der Waals surface area contributed by atoms with Crippen LogP contribution in [0, 0.1) is 6.92 Å². The van der Waals surface area contributed by atoms with Gasteiger partial charge in [-0.2, -0.15) is 4.79 Å². The number of benzene rings is 2. The Morgan fingerprint density at radius 2 is 1.71 bits per heavy atom. The van der Waals surface area contributed by atoms with E-state index in [4.69, 9.17) is 14.2 Å². The maximum atomic E-state index is 13.3. The molecule has 1 heterocycles. The number of rotatable bonds is 7. The molecule has 0 N–H and O–H groups in total. The summed E-state index contributed by atoms with van der Waals surface area (Å²) >= 11 is 0. The zero-order valence-corrected chi connectivity index (χ0v) is 21.8. The fourth-order valence-corrected chi connectivity index (χ4v) is 4.31. The minimum absolute atomic E-state index is 0.0764. The molecule has 190 valence electrons. The predicted octanol–water partition coefficient (Wildman–Crippen LogP) is 5.56. The Hall–Kier alpha value is -3.06. The monoisotopic (exact) mass is 483 g/mol. The van der Waals surface area contributed by atoms with Gasteiger partial charge in [0.05, 0.1) is 26.2 Å². The van der Waals surface area contributed by atoms with Gasteiger partial charge in [-0.25, -0.2) is 9.28 Å². The third kappa shape index (κ3) is 6.75. The van der Waals surface area contributed by atoms with Crippen molar-refractivity contribution in [1.29, 1.82) is 0 Å². The first kappa shape index (κ1) is 26.5. The summed E-state index contributed by atoms with van der Waals surface area (Å²) in [7, 11) is 1.88. The van der Waals surface area contributed by atoms with Crippen molar-refractivity contribution in [3.63, 3.8) is 0 Å². The standard InChI is InChI=1S/C28H39N2O5/c1-7-30(6,27(32)34-19-22-14-9-8-10-15-22)24-17-23(20-33-25-16-12-11-13-21(25)2)29(18-24)26(31)35-28(3,4)5/h8-16,23-24H,7,17-20H2,1-6H3/q+1. The number of carbonyl (C=O) groups excluding carboxylic acids is 2. The number of para-hydroxylation sites is 1. The van der Waals surface area contributed by atoms with Crippen LogP contribution in [0.2, 0.25) is 0 Å². The van der Waals surface area contributed by atoms with Gasteiger partial charge in [0.1, 0.15) is 30.6 Å². The molecule has 3 atom stereocenters. The second-order valence-corrected chi connectivity index (χ2v) is 10.4. The molecule has 0 aromatic heterocycles. The normalized spacial score (nSPS) is 19.7. The minimum atomic E-state index is -0.617. The van der Waals surface area contributed by atoms with Gasteiger partial charge < -0.3 is 14.2 Å². The van der Waals surface area contributed by atoms with Gasteiger partial charge >= 0.3 is 12.2 Å². The highest BCUT2D eigenvalue weighted by Crippen LogP contribution is 2.30. The van der Waals surface area contributed by atoms with Gasteiger partial charge in [0.25, 0.3) is 0 Å². The van der Waals surface area contributed by atoms with Crippen molar-refractivity contribution in [2.45, 2.75) is 65.3 Å².